The summed E-state index contributed by atoms with van der Waals surface area (Å²) in [5, 5.41) is 3.09. The number of anilines is 1. The number of nitrogens with two attached hydrogens (primary N) is 1. The first-order chi connectivity index (χ1) is 12.2. The van der Waals surface area contributed by atoms with E-state index in [0.717, 1.165) is 36.6 Å². The second-order valence-electron chi connectivity index (χ2n) is 5.81. The normalized spacial score (nSPS) is 11.6. The lowest BCUT2D eigenvalue weighted by molar-refractivity contribution is 0.296. The molecule has 0 amide bonds. The highest BCUT2D eigenvalue weighted by molar-refractivity contribution is 5.93. The van der Waals surface area contributed by atoms with Crippen LogP contribution >= 0.6 is 0 Å². The zero-order valence-electron chi connectivity index (χ0n) is 15.3. The Morgan fingerprint density at radius 1 is 1.08 bits per heavy atom. The number of rotatable bonds is 8. The van der Waals surface area contributed by atoms with Gasteiger partial charge >= 0.3 is 0 Å². The smallest absolute Gasteiger partial charge is 0.193 e. The fraction of sp³-hybridized carbons (Fsp3) is 0.350. The molecule has 134 valence electrons. The van der Waals surface area contributed by atoms with E-state index in [1.165, 1.54) is 5.56 Å². The number of hydrogen-bond donors (Lipinski definition) is 2. The van der Waals surface area contributed by atoms with Crippen molar-refractivity contribution in [2.75, 3.05) is 25.5 Å². The number of ether oxygens (including phenoxy) is 1. The van der Waals surface area contributed by atoms with Crippen LogP contribution in [-0.4, -0.2) is 31.1 Å². The predicted molar refractivity (Wildman–Crippen MR) is 105 cm³/mol. The van der Waals surface area contributed by atoms with Gasteiger partial charge in [-0.2, -0.15) is 0 Å². The molecule has 0 aliphatic rings. The third kappa shape index (κ3) is 5.80. The molecule has 5 heteroatoms. The molecule has 2 aromatic rings. The predicted octanol–water partition coefficient (Wildman–Crippen LogP) is 3.46. The average molecular weight is 340 g/mol. The van der Waals surface area contributed by atoms with Crippen LogP contribution in [0.4, 0.5) is 5.69 Å². The number of benzene rings is 2. The molecule has 0 radical (unpaired) electrons. The van der Waals surface area contributed by atoms with E-state index < -0.39 is 0 Å². The van der Waals surface area contributed by atoms with Gasteiger partial charge < -0.3 is 15.8 Å². The molecule has 3 N–H and O–H groups in total. The minimum absolute atomic E-state index is 0.374. The van der Waals surface area contributed by atoms with Crippen molar-refractivity contribution in [2.24, 2.45) is 10.7 Å². The van der Waals surface area contributed by atoms with Crippen molar-refractivity contribution in [3.8, 4) is 5.75 Å². The Balaban J connectivity index is 2.00. The Morgan fingerprint density at radius 3 is 2.52 bits per heavy atom. The third-order valence-corrected chi connectivity index (χ3v) is 4.09. The fourth-order valence-electron chi connectivity index (χ4n) is 2.63. The Hall–Kier alpha value is -2.53. The molecule has 5 nitrogen and oxygen atoms in total. The van der Waals surface area contributed by atoms with Crippen LogP contribution in [0.5, 0.6) is 5.75 Å². The zero-order valence-corrected chi connectivity index (χ0v) is 15.3. The highest BCUT2D eigenvalue weighted by atomic mass is 16.5. The number of nitrogens with one attached hydrogen (secondary N) is 1. The molecule has 0 saturated carbocycles. The summed E-state index contributed by atoms with van der Waals surface area (Å²) in [7, 11) is 1.63. The van der Waals surface area contributed by atoms with Crippen molar-refractivity contribution >= 4 is 11.6 Å². The third-order valence-electron chi connectivity index (χ3n) is 4.09. The topological polar surface area (TPSA) is 62.9 Å². The first-order valence-corrected chi connectivity index (χ1v) is 8.66. The van der Waals surface area contributed by atoms with E-state index in [-0.39, 0.29) is 0 Å². The quantitative estimate of drug-likeness (QED) is 0.570. The molecule has 0 aliphatic carbocycles. The number of para-hydroxylation sites is 2. The Bertz CT molecular complexity index is 696. The first kappa shape index (κ1) is 18.8. The molecule has 0 atom stereocenters. The van der Waals surface area contributed by atoms with Crippen LogP contribution in [0.15, 0.2) is 53.5 Å². The minimum Gasteiger partial charge on any atom is -0.495 e. The lowest BCUT2D eigenvalue weighted by Gasteiger charge is -2.18. The van der Waals surface area contributed by atoms with Crippen LogP contribution in [0.2, 0.25) is 0 Å². The molecule has 2 aromatic carbocycles. The summed E-state index contributed by atoms with van der Waals surface area (Å²) in [6, 6.07) is 16.1. The maximum atomic E-state index is 6.01. The van der Waals surface area contributed by atoms with Gasteiger partial charge in [0.25, 0.3) is 0 Å². The molecule has 25 heavy (non-hydrogen) atoms. The van der Waals surface area contributed by atoms with Crippen LogP contribution in [0.25, 0.3) is 0 Å². The van der Waals surface area contributed by atoms with Crippen molar-refractivity contribution in [3.05, 3.63) is 59.7 Å². The van der Waals surface area contributed by atoms with Crippen molar-refractivity contribution < 1.29 is 4.74 Å². The summed E-state index contributed by atoms with van der Waals surface area (Å²) in [6.45, 7) is 7.96. The van der Waals surface area contributed by atoms with Gasteiger partial charge in [0.15, 0.2) is 5.96 Å². The summed E-state index contributed by atoms with van der Waals surface area (Å²) in [4.78, 5) is 6.83. The summed E-state index contributed by atoms with van der Waals surface area (Å²) < 4.78 is 5.31. The van der Waals surface area contributed by atoms with E-state index in [9.17, 15) is 0 Å². The average Bonchev–Trinajstić information content (AvgIpc) is 2.65. The number of methoxy groups -OCH3 is 1. The number of aliphatic imine (C=N–C) groups is 1. The maximum Gasteiger partial charge on any atom is 0.193 e. The molecular formula is C20H28N4O. The van der Waals surface area contributed by atoms with Crippen molar-refractivity contribution in [1.82, 2.24) is 4.90 Å². The van der Waals surface area contributed by atoms with Gasteiger partial charge in [-0.1, -0.05) is 50.2 Å². The van der Waals surface area contributed by atoms with E-state index in [0.29, 0.717) is 12.5 Å². The number of hydrogen-bond acceptors (Lipinski definition) is 3. The highest BCUT2D eigenvalue weighted by Crippen LogP contribution is 2.22. The van der Waals surface area contributed by atoms with E-state index in [4.69, 9.17) is 10.5 Å². The summed E-state index contributed by atoms with van der Waals surface area (Å²) >= 11 is 0. The number of guanidine groups is 1. The van der Waals surface area contributed by atoms with Gasteiger partial charge in [-0.3, -0.25) is 4.90 Å². The zero-order chi connectivity index (χ0) is 18.1. The molecular weight excluding hydrogens is 312 g/mol. The highest BCUT2D eigenvalue weighted by Gasteiger charge is 2.04. The van der Waals surface area contributed by atoms with Gasteiger partial charge in [0.05, 0.1) is 19.3 Å². The van der Waals surface area contributed by atoms with Crippen LogP contribution in [0, 0.1) is 0 Å². The van der Waals surface area contributed by atoms with E-state index in [1.807, 2.05) is 24.3 Å². The number of nitrogens with zero attached hydrogens (tertiary/aromatic N) is 2. The van der Waals surface area contributed by atoms with Gasteiger partial charge in [0.1, 0.15) is 5.75 Å². The van der Waals surface area contributed by atoms with E-state index >= 15 is 0 Å². The molecule has 0 fully saturated rings. The van der Waals surface area contributed by atoms with Gasteiger partial charge in [0.2, 0.25) is 0 Å². The minimum atomic E-state index is 0.374. The van der Waals surface area contributed by atoms with Crippen molar-refractivity contribution in [2.45, 2.75) is 26.9 Å². The largest absolute Gasteiger partial charge is 0.495 e. The molecule has 0 heterocycles. The van der Waals surface area contributed by atoms with Crippen molar-refractivity contribution in [1.29, 1.82) is 0 Å². The second kappa shape index (κ2) is 9.69. The Morgan fingerprint density at radius 2 is 1.80 bits per heavy atom. The lowest BCUT2D eigenvalue weighted by atomic mass is 10.1. The molecule has 0 aliphatic heterocycles. The van der Waals surface area contributed by atoms with Crippen LogP contribution < -0.4 is 15.8 Å². The molecule has 0 unspecified atom stereocenters. The lowest BCUT2D eigenvalue weighted by Crippen LogP contribution is -2.23. The van der Waals surface area contributed by atoms with Gasteiger partial charge in [0, 0.05) is 6.54 Å². The van der Waals surface area contributed by atoms with Crippen LogP contribution in [0.3, 0.4) is 0 Å². The monoisotopic (exact) mass is 340 g/mol. The summed E-state index contributed by atoms with van der Waals surface area (Å²) in [6.07, 6.45) is 0. The molecule has 0 aromatic heterocycles. The standard InChI is InChI=1S/C20H28N4O/c1-4-24(5-2)15-17-10-8-9-16(13-17)14-22-20(21)23-18-11-6-7-12-19(18)25-3/h6-13H,4-5,14-15H2,1-3H3,(H3,21,22,23). The van der Waals surface area contributed by atoms with Gasteiger partial charge in [-0.25, -0.2) is 4.99 Å². The SMILES string of the molecule is CCN(CC)Cc1cccc(CN=C(N)Nc2ccccc2OC)c1. The second-order valence-corrected chi connectivity index (χ2v) is 5.81. The fourth-order valence-corrected chi connectivity index (χ4v) is 2.63. The summed E-state index contributed by atoms with van der Waals surface area (Å²) in [5.41, 5.74) is 9.27. The van der Waals surface area contributed by atoms with E-state index in [1.54, 1.807) is 7.11 Å². The van der Waals surface area contributed by atoms with Crippen molar-refractivity contribution in [3.63, 3.8) is 0 Å². The van der Waals surface area contributed by atoms with Gasteiger partial charge in [-0.15, -0.1) is 0 Å². The molecule has 0 bridgehead atoms. The molecule has 0 spiro atoms. The Labute approximate surface area is 150 Å². The maximum absolute atomic E-state index is 6.01. The van der Waals surface area contributed by atoms with Crippen LogP contribution in [-0.2, 0) is 13.1 Å². The molecule has 0 saturated heterocycles. The van der Waals surface area contributed by atoms with Crippen LogP contribution in [0.1, 0.15) is 25.0 Å². The Kier molecular flexibility index (Phi) is 7.29. The van der Waals surface area contributed by atoms with E-state index in [2.05, 4.69) is 53.3 Å². The molecule has 2 rings (SSSR count). The van der Waals surface area contributed by atoms with Gasteiger partial charge in [-0.05, 0) is 36.3 Å². The summed E-state index contributed by atoms with van der Waals surface area (Å²) in [5.74, 6) is 1.11. The first-order valence-electron chi connectivity index (χ1n) is 8.66.